The highest BCUT2D eigenvalue weighted by Crippen LogP contribution is 2.28. The van der Waals surface area contributed by atoms with E-state index in [1.807, 2.05) is 0 Å². The summed E-state index contributed by atoms with van der Waals surface area (Å²) in [4.78, 5) is 12.9. The van der Waals surface area contributed by atoms with E-state index in [1.54, 1.807) is 0 Å². The molecule has 0 spiro atoms. The van der Waals surface area contributed by atoms with E-state index in [0.29, 0.717) is 0 Å². The van der Waals surface area contributed by atoms with Gasteiger partial charge in [-0.05, 0) is 16.0 Å². The van der Waals surface area contributed by atoms with Gasteiger partial charge in [0.2, 0.25) is 0 Å². The molecule has 0 aliphatic heterocycles. The van der Waals surface area contributed by atoms with E-state index in [2.05, 4.69) is 4.98 Å². The van der Waals surface area contributed by atoms with Crippen molar-refractivity contribution in [3.63, 3.8) is 0 Å². The van der Waals surface area contributed by atoms with Crippen molar-refractivity contribution in [2.75, 3.05) is 0 Å². The molecule has 0 saturated carbocycles. The first kappa shape index (κ1) is 11.0. The third kappa shape index (κ3) is 2.04. The van der Waals surface area contributed by atoms with Gasteiger partial charge >= 0.3 is 5.82 Å². The molecule has 0 amide bonds. The summed E-state index contributed by atoms with van der Waals surface area (Å²) in [6, 6.07) is 2.34. The quantitative estimate of drug-likeness (QED) is 0.556. The topological polar surface area (TPSA) is 79.8 Å². The summed E-state index contributed by atoms with van der Waals surface area (Å²) in [6.45, 7) is 1.35. The summed E-state index contributed by atoms with van der Waals surface area (Å²) in [7, 11) is 0. The Balaban J connectivity index is 3.54. The lowest BCUT2D eigenvalue weighted by Crippen LogP contribution is -2.02. The number of alkyl halides is 2. The van der Waals surface area contributed by atoms with Crippen molar-refractivity contribution in [1.29, 1.82) is 5.26 Å². The first-order chi connectivity index (χ1) is 6.97. The third-order valence-corrected chi connectivity index (χ3v) is 1.68. The number of hydrogen-bond donors (Lipinski definition) is 0. The van der Waals surface area contributed by atoms with Crippen molar-refractivity contribution < 1.29 is 13.7 Å². The summed E-state index contributed by atoms with van der Waals surface area (Å²) in [6.07, 6.45) is -2.93. The van der Waals surface area contributed by atoms with Gasteiger partial charge in [0.05, 0.1) is 0 Å². The molecule has 5 nitrogen and oxygen atoms in total. The lowest BCUT2D eigenvalue weighted by molar-refractivity contribution is -0.390. The van der Waals surface area contributed by atoms with Crippen molar-refractivity contribution in [2.24, 2.45) is 0 Å². The number of nitrogens with zero attached hydrogens (tertiary/aromatic N) is 3. The Morgan fingerprint density at radius 2 is 2.27 bits per heavy atom. The molecule has 15 heavy (non-hydrogen) atoms. The predicted octanol–water partition coefficient (Wildman–Crippen LogP) is 2.11. The van der Waals surface area contributed by atoms with Crippen molar-refractivity contribution >= 4 is 5.82 Å². The maximum absolute atomic E-state index is 12.4. The largest absolute Gasteiger partial charge is 0.382 e. The summed E-state index contributed by atoms with van der Waals surface area (Å²) >= 11 is 0. The van der Waals surface area contributed by atoms with Crippen LogP contribution in [0.4, 0.5) is 14.6 Å². The lowest BCUT2D eigenvalue weighted by atomic mass is 10.1. The fourth-order valence-corrected chi connectivity index (χ4v) is 1.10. The maximum Gasteiger partial charge on any atom is 0.382 e. The predicted molar refractivity (Wildman–Crippen MR) is 45.3 cm³/mol. The Morgan fingerprint density at radius 1 is 1.67 bits per heavy atom. The first-order valence-corrected chi connectivity index (χ1v) is 3.81. The van der Waals surface area contributed by atoms with Gasteiger partial charge < -0.3 is 10.1 Å². The standard InChI is InChI=1S/C8H5F2N3O2/c1-4-2-5(7(9)10)6(3-11)8(12-4)13(14)15/h2,7H,1H3. The van der Waals surface area contributed by atoms with Gasteiger partial charge in [-0.2, -0.15) is 5.26 Å². The molecule has 0 aliphatic carbocycles. The molecular formula is C8H5F2N3O2. The van der Waals surface area contributed by atoms with Crippen molar-refractivity contribution in [2.45, 2.75) is 13.3 Å². The molecule has 1 rings (SSSR count). The van der Waals surface area contributed by atoms with E-state index in [1.165, 1.54) is 13.0 Å². The fraction of sp³-hybridized carbons (Fsp3) is 0.250. The maximum atomic E-state index is 12.4. The minimum atomic E-state index is -2.93. The molecule has 0 radical (unpaired) electrons. The molecule has 0 saturated heterocycles. The second-order valence-corrected chi connectivity index (χ2v) is 2.72. The Labute approximate surface area is 83.1 Å². The summed E-state index contributed by atoms with van der Waals surface area (Å²) in [5.41, 5.74) is -1.26. The molecule has 1 heterocycles. The Hall–Kier alpha value is -2.10. The van der Waals surface area contributed by atoms with E-state index < -0.39 is 28.3 Å². The fourth-order valence-electron chi connectivity index (χ4n) is 1.10. The van der Waals surface area contributed by atoms with Crippen LogP contribution in [0.25, 0.3) is 0 Å². The summed E-state index contributed by atoms with van der Waals surface area (Å²) in [5, 5.41) is 19.0. The zero-order chi connectivity index (χ0) is 11.6. The number of halogens is 2. The highest BCUT2D eigenvalue weighted by Gasteiger charge is 2.25. The number of hydrogen-bond acceptors (Lipinski definition) is 4. The molecule has 7 heteroatoms. The van der Waals surface area contributed by atoms with Crippen molar-refractivity contribution in [1.82, 2.24) is 4.98 Å². The van der Waals surface area contributed by atoms with Gasteiger partial charge in [0.1, 0.15) is 6.07 Å². The summed E-state index contributed by atoms with van der Waals surface area (Å²) in [5.74, 6) is -0.826. The van der Waals surface area contributed by atoms with E-state index in [4.69, 9.17) is 5.26 Å². The molecule has 0 fully saturated rings. The second kappa shape index (κ2) is 3.96. The highest BCUT2D eigenvalue weighted by molar-refractivity contribution is 5.50. The lowest BCUT2D eigenvalue weighted by Gasteiger charge is -2.02. The van der Waals surface area contributed by atoms with Crippen LogP contribution in [-0.4, -0.2) is 9.91 Å². The van der Waals surface area contributed by atoms with Crippen LogP contribution in [0, 0.1) is 28.4 Å². The first-order valence-electron chi connectivity index (χ1n) is 3.81. The number of aromatic nitrogens is 1. The number of aryl methyl sites for hydroxylation is 1. The van der Waals surface area contributed by atoms with E-state index in [0.717, 1.165) is 6.07 Å². The molecule has 0 aromatic carbocycles. The molecular weight excluding hydrogens is 208 g/mol. The van der Waals surface area contributed by atoms with Gasteiger partial charge in [-0.15, -0.1) is 0 Å². The van der Waals surface area contributed by atoms with Crippen LogP contribution in [-0.2, 0) is 0 Å². The zero-order valence-electron chi connectivity index (χ0n) is 7.57. The molecule has 1 aromatic rings. The van der Waals surface area contributed by atoms with Crippen LogP contribution in [0.2, 0.25) is 0 Å². The van der Waals surface area contributed by atoms with Gasteiger partial charge in [0, 0.05) is 12.5 Å². The van der Waals surface area contributed by atoms with Gasteiger partial charge in [-0.3, -0.25) is 0 Å². The van der Waals surface area contributed by atoms with E-state index >= 15 is 0 Å². The highest BCUT2D eigenvalue weighted by atomic mass is 19.3. The van der Waals surface area contributed by atoms with Crippen LogP contribution in [0.5, 0.6) is 0 Å². The van der Waals surface area contributed by atoms with Crippen LogP contribution in [0.1, 0.15) is 23.2 Å². The van der Waals surface area contributed by atoms with Crippen LogP contribution in [0.3, 0.4) is 0 Å². The van der Waals surface area contributed by atoms with Gasteiger partial charge in [0.25, 0.3) is 6.43 Å². The zero-order valence-corrected chi connectivity index (χ0v) is 7.57. The molecule has 0 atom stereocenters. The second-order valence-electron chi connectivity index (χ2n) is 2.72. The van der Waals surface area contributed by atoms with Crippen LogP contribution in [0.15, 0.2) is 6.07 Å². The SMILES string of the molecule is Cc1cc(C(F)F)c(C#N)c([N+](=O)[O-])n1. The molecule has 0 N–H and O–H groups in total. The van der Waals surface area contributed by atoms with Gasteiger partial charge in [-0.1, -0.05) is 0 Å². The Morgan fingerprint density at radius 3 is 2.67 bits per heavy atom. The monoisotopic (exact) mass is 213 g/mol. The Bertz CT molecular complexity index is 454. The molecule has 0 unspecified atom stereocenters. The summed E-state index contributed by atoms with van der Waals surface area (Å²) < 4.78 is 24.9. The molecule has 0 aliphatic rings. The van der Waals surface area contributed by atoms with Crippen LogP contribution >= 0.6 is 0 Å². The average molecular weight is 213 g/mol. The molecule has 78 valence electrons. The minimum Gasteiger partial charge on any atom is -0.358 e. The minimum absolute atomic E-state index is 0.0796. The Kier molecular flexibility index (Phi) is 2.90. The number of nitro groups is 1. The van der Waals surface area contributed by atoms with E-state index in [-0.39, 0.29) is 5.69 Å². The number of rotatable bonds is 2. The average Bonchev–Trinajstić information content (AvgIpc) is 2.16. The normalized spacial score (nSPS) is 10.1. The van der Waals surface area contributed by atoms with Crippen molar-refractivity contribution in [3.05, 3.63) is 33.0 Å². The smallest absolute Gasteiger partial charge is 0.358 e. The van der Waals surface area contributed by atoms with E-state index in [9.17, 15) is 18.9 Å². The number of pyridine rings is 1. The molecule has 1 aromatic heterocycles. The van der Waals surface area contributed by atoms with Gasteiger partial charge in [-0.25, -0.2) is 8.78 Å². The third-order valence-electron chi connectivity index (χ3n) is 1.68. The number of nitriles is 1. The van der Waals surface area contributed by atoms with Crippen molar-refractivity contribution in [3.8, 4) is 6.07 Å². The van der Waals surface area contributed by atoms with Crippen LogP contribution < -0.4 is 0 Å². The molecule has 0 bridgehead atoms. The van der Waals surface area contributed by atoms with Gasteiger partial charge in [0.15, 0.2) is 11.3 Å².